The molecule has 0 fully saturated rings. The van der Waals surface area contributed by atoms with Crippen molar-refractivity contribution in [3.63, 3.8) is 0 Å². The Hall–Kier alpha value is -1.51. The molecule has 0 spiro atoms. The monoisotopic (exact) mass is 417 g/mol. The van der Waals surface area contributed by atoms with Gasteiger partial charge in [0.25, 0.3) is 0 Å². The number of hydrogen-bond acceptors (Lipinski definition) is 2. The highest BCUT2D eigenvalue weighted by Gasteiger charge is 2.01. The zero-order valence-electron chi connectivity index (χ0n) is 19.9. The van der Waals surface area contributed by atoms with Crippen LogP contribution < -0.4 is 10.1 Å². The molecule has 0 aliphatic heterocycles. The van der Waals surface area contributed by atoms with Crippen LogP contribution in [0.25, 0.3) is 0 Å². The number of methoxy groups -OCH3 is 1. The number of carbonyl (C=O) groups is 1. The van der Waals surface area contributed by atoms with Crippen molar-refractivity contribution >= 4 is 5.91 Å². The number of rotatable bonds is 20. The lowest BCUT2D eigenvalue weighted by Crippen LogP contribution is -2.25. The van der Waals surface area contributed by atoms with E-state index in [0.29, 0.717) is 13.0 Å². The van der Waals surface area contributed by atoms with E-state index < -0.39 is 0 Å². The first kappa shape index (κ1) is 26.5. The predicted molar refractivity (Wildman–Crippen MR) is 129 cm³/mol. The Balaban J connectivity index is 1.81. The summed E-state index contributed by atoms with van der Waals surface area (Å²) in [4.78, 5) is 11.9. The molecule has 0 atom stereocenters. The number of hydrogen-bond donors (Lipinski definition) is 1. The maximum absolute atomic E-state index is 11.9. The molecule has 1 N–H and O–H groups in total. The summed E-state index contributed by atoms with van der Waals surface area (Å²) in [5.74, 6) is 1.06. The van der Waals surface area contributed by atoms with Crippen LogP contribution >= 0.6 is 0 Å². The number of carbonyl (C=O) groups excluding carboxylic acids is 1. The van der Waals surface area contributed by atoms with E-state index in [2.05, 4.69) is 24.4 Å². The van der Waals surface area contributed by atoms with Crippen LogP contribution in [0, 0.1) is 0 Å². The fourth-order valence-electron chi connectivity index (χ4n) is 3.88. The van der Waals surface area contributed by atoms with E-state index in [0.717, 1.165) is 18.6 Å². The van der Waals surface area contributed by atoms with Gasteiger partial charge in [0.15, 0.2) is 0 Å². The van der Waals surface area contributed by atoms with Crippen LogP contribution in [0.5, 0.6) is 5.75 Å². The molecular weight excluding hydrogens is 370 g/mol. The van der Waals surface area contributed by atoms with Gasteiger partial charge in [-0.2, -0.15) is 0 Å². The van der Waals surface area contributed by atoms with Gasteiger partial charge in [0, 0.05) is 13.0 Å². The Morgan fingerprint density at radius 3 is 1.67 bits per heavy atom. The van der Waals surface area contributed by atoms with Gasteiger partial charge in [0.2, 0.25) is 5.91 Å². The van der Waals surface area contributed by atoms with Gasteiger partial charge in [-0.1, -0.05) is 109 Å². The van der Waals surface area contributed by atoms with E-state index in [1.54, 1.807) is 7.11 Å². The number of benzene rings is 1. The molecule has 0 unspecified atom stereocenters. The molecule has 0 aliphatic carbocycles. The Morgan fingerprint density at radius 2 is 1.20 bits per heavy atom. The second-order valence-electron chi connectivity index (χ2n) is 8.65. The van der Waals surface area contributed by atoms with Crippen LogP contribution in [-0.4, -0.2) is 19.6 Å². The second kappa shape index (κ2) is 19.5. The molecule has 3 nitrogen and oxygen atoms in total. The highest BCUT2D eigenvalue weighted by atomic mass is 16.5. The van der Waals surface area contributed by atoms with Crippen molar-refractivity contribution in [1.29, 1.82) is 0 Å². The number of ether oxygens (including phenoxy) is 1. The van der Waals surface area contributed by atoms with Gasteiger partial charge in [-0.05, 0) is 30.5 Å². The second-order valence-corrected chi connectivity index (χ2v) is 8.65. The van der Waals surface area contributed by atoms with Crippen molar-refractivity contribution in [2.45, 2.75) is 116 Å². The van der Waals surface area contributed by atoms with Crippen LogP contribution in [0.1, 0.15) is 115 Å². The fraction of sp³-hybridized carbons (Fsp3) is 0.741. The van der Waals surface area contributed by atoms with Gasteiger partial charge in [-0.3, -0.25) is 4.79 Å². The normalized spacial score (nSPS) is 10.9. The van der Waals surface area contributed by atoms with E-state index in [1.165, 1.54) is 95.5 Å². The number of unbranched alkanes of at least 4 members (excludes halogenated alkanes) is 14. The van der Waals surface area contributed by atoms with Crippen LogP contribution in [0.3, 0.4) is 0 Å². The molecule has 0 aliphatic rings. The molecule has 0 heterocycles. The van der Waals surface area contributed by atoms with E-state index >= 15 is 0 Å². The van der Waals surface area contributed by atoms with Crippen molar-refractivity contribution < 1.29 is 9.53 Å². The summed E-state index contributed by atoms with van der Waals surface area (Å²) in [7, 11) is 1.67. The average molecular weight is 418 g/mol. The first-order valence-corrected chi connectivity index (χ1v) is 12.7. The largest absolute Gasteiger partial charge is 0.497 e. The topological polar surface area (TPSA) is 38.3 Å². The van der Waals surface area contributed by atoms with Crippen LogP contribution in [-0.2, 0) is 11.2 Å². The van der Waals surface area contributed by atoms with Crippen molar-refractivity contribution in [3.05, 3.63) is 29.8 Å². The molecule has 1 aromatic carbocycles. The highest BCUT2D eigenvalue weighted by Crippen LogP contribution is 2.14. The van der Waals surface area contributed by atoms with Gasteiger partial charge in [-0.15, -0.1) is 0 Å². The van der Waals surface area contributed by atoms with Gasteiger partial charge < -0.3 is 10.1 Å². The van der Waals surface area contributed by atoms with Gasteiger partial charge in [-0.25, -0.2) is 0 Å². The average Bonchev–Trinajstić information content (AvgIpc) is 2.77. The van der Waals surface area contributed by atoms with Crippen molar-refractivity contribution in [1.82, 2.24) is 5.32 Å². The lowest BCUT2D eigenvalue weighted by Gasteiger charge is -2.06. The van der Waals surface area contributed by atoms with Crippen LogP contribution in [0.2, 0.25) is 0 Å². The third-order valence-electron chi connectivity index (χ3n) is 5.90. The summed E-state index contributed by atoms with van der Waals surface area (Å²) >= 11 is 0. The first-order chi connectivity index (χ1) is 14.8. The third kappa shape index (κ3) is 15.3. The quantitative estimate of drug-likeness (QED) is 0.222. The first-order valence-electron chi connectivity index (χ1n) is 12.7. The molecular formula is C27H47NO2. The zero-order chi connectivity index (χ0) is 21.7. The fourth-order valence-corrected chi connectivity index (χ4v) is 3.88. The summed E-state index contributed by atoms with van der Waals surface area (Å²) in [5.41, 5.74) is 1.23. The molecule has 0 aromatic heterocycles. The van der Waals surface area contributed by atoms with Gasteiger partial charge in [0.05, 0.1) is 7.11 Å². The Kier molecular flexibility index (Phi) is 17.2. The predicted octanol–water partition coefficient (Wildman–Crippen LogP) is 7.62. The molecule has 30 heavy (non-hydrogen) atoms. The summed E-state index contributed by atoms with van der Waals surface area (Å²) in [5, 5.41) is 3.04. The molecule has 0 radical (unpaired) electrons. The molecule has 0 saturated heterocycles. The van der Waals surface area contributed by atoms with E-state index in [9.17, 15) is 4.79 Å². The molecule has 172 valence electrons. The van der Waals surface area contributed by atoms with Crippen molar-refractivity contribution in [2.24, 2.45) is 0 Å². The summed E-state index contributed by atoms with van der Waals surface area (Å²) < 4.78 is 5.16. The summed E-state index contributed by atoms with van der Waals surface area (Å²) in [6.45, 7) is 2.99. The third-order valence-corrected chi connectivity index (χ3v) is 5.90. The summed E-state index contributed by atoms with van der Waals surface area (Å²) in [6, 6.07) is 8.04. The maximum Gasteiger partial charge on any atom is 0.220 e. The molecule has 1 amide bonds. The SMILES string of the molecule is CCCCCCCCCCCCCCCCCC(=O)NCCc1ccc(OC)cc1. The van der Waals surface area contributed by atoms with E-state index in [4.69, 9.17) is 4.74 Å². The molecule has 0 saturated carbocycles. The molecule has 0 bridgehead atoms. The minimum absolute atomic E-state index is 0.193. The lowest BCUT2D eigenvalue weighted by molar-refractivity contribution is -0.121. The summed E-state index contributed by atoms with van der Waals surface area (Å²) in [6.07, 6.45) is 21.9. The number of amides is 1. The molecule has 1 aromatic rings. The number of nitrogens with one attached hydrogen (secondary N) is 1. The van der Waals surface area contributed by atoms with Crippen molar-refractivity contribution in [2.75, 3.05) is 13.7 Å². The van der Waals surface area contributed by atoms with Gasteiger partial charge >= 0.3 is 0 Å². The van der Waals surface area contributed by atoms with E-state index in [-0.39, 0.29) is 5.91 Å². The van der Waals surface area contributed by atoms with Gasteiger partial charge in [0.1, 0.15) is 5.75 Å². The highest BCUT2D eigenvalue weighted by molar-refractivity contribution is 5.75. The Bertz CT molecular complexity index is 512. The van der Waals surface area contributed by atoms with Crippen molar-refractivity contribution in [3.8, 4) is 5.75 Å². The standard InChI is InChI=1S/C27H47NO2/c1-3-4-5-6-7-8-9-10-11-12-13-14-15-16-17-18-27(29)28-24-23-25-19-21-26(30-2)22-20-25/h19-22H,3-18,23-24H2,1-2H3,(H,28,29). The zero-order valence-corrected chi connectivity index (χ0v) is 19.9. The van der Waals surface area contributed by atoms with Crippen LogP contribution in [0.4, 0.5) is 0 Å². The van der Waals surface area contributed by atoms with E-state index in [1.807, 2.05) is 12.1 Å². The Morgan fingerprint density at radius 1 is 0.733 bits per heavy atom. The molecule has 1 rings (SSSR count). The van der Waals surface area contributed by atoms with Crippen LogP contribution in [0.15, 0.2) is 24.3 Å². The minimum atomic E-state index is 0.193. The Labute approximate surface area is 186 Å². The smallest absolute Gasteiger partial charge is 0.220 e. The molecule has 3 heteroatoms. The lowest BCUT2D eigenvalue weighted by atomic mass is 10.0. The maximum atomic E-state index is 11.9. The minimum Gasteiger partial charge on any atom is -0.497 e.